The molecule has 0 aliphatic heterocycles. The molecule has 114 valence electrons. The summed E-state index contributed by atoms with van der Waals surface area (Å²) in [4.78, 5) is 12.0. The van der Waals surface area contributed by atoms with E-state index in [0.29, 0.717) is 33.4 Å². The van der Waals surface area contributed by atoms with E-state index in [1.54, 1.807) is 19.2 Å². The smallest absolute Gasteiger partial charge is 0.388 e. The Kier molecular flexibility index (Phi) is 3.76. The molecule has 0 spiro atoms. The van der Waals surface area contributed by atoms with Gasteiger partial charge < -0.3 is 14.5 Å². The summed E-state index contributed by atoms with van der Waals surface area (Å²) < 4.78 is 33.9. The Morgan fingerprint density at radius 3 is 2.73 bits per heavy atom. The van der Waals surface area contributed by atoms with Crippen LogP contribution in [-0.4, -0.2) is 28.6 Å². The lowest BCUT2D eigenvalue weighted by molar-refractivity contribution is -0.0530. The lowest BCUT2D eigenvalue weighted by Gasteiger charge is -2.04. The Bertz CT molecular complexity index is 808. The van der Waals surface area contributed by atoms with E-state index >= 15 is 0 Å². The van der Waals surface area contributed by atoms with Crippen LogP contribution in [0.1, 0.15) is 0 Å². The highest BCUT2D eigenvalue weighted by atomic mass is 35.5. The predicted octanol–water partition coefficient (Wildman–Crippen LogP) is 3.58. The molecule has 0 unspecified atom stereocenters. The Morgan fingerprint density at radius 2 is 2.09 bits per heavy atom. The fourth-order valence-electron chi connectivity index (χ4n) is 1.89. The van der Waals surface area contributed by atoms with Crippen molar-refractivity contribution in [1.29, 1.82) is 0 Å². The van der Waals surface area contributed by atoms with E-state index in [1.165, 1.54) is 6.20 Å². The molecule has 3 aromatic rings. The van der Waals surface area contributed by atoms with E-state index in [2.05, 4.69) is 25.0 Å². The molecule has 0 saturated carbocycles. The molecular formula is C13H9ClF2N4O2. The molecular weight excluding hydrogens is 318 g/mol. The third-order valence-corrected chi connectivity index (χ3v) is 3.13. The van der Waals surface area contributed by atoms with Gasteiger partial charge >= 0.3 is 6.61 Å². The number of hydrogen-bond acceptors (Lipinski definition) is 6. The summed E-state index contributed by atoms with van der Waals surface area (Å²) in [6.45, 7) is -2.95. The van der Waals surface area contributed by atoms with Crippen molar-refractivity contribution < 1.29 is 17.9 Å². The van der Waals surface area contributed by atoms with Crippen molar-refractivity contribution in [3.63, 3.8) is 0 Å². The van der Waals surface area contributed by atoms with Crippen molar-refractivity contribution in [3.05, 3.63) is 29.5 Å². The molecule has 0 aliphatic carbocycles. The SMILES string of the molecule is CNc1nc2c(Cl)ccc(-c3cnc(OC(F)F)cn3)c2o1. The Morgan fingerprint density at radius 1 is 1.27 bits per heavy atom. The molecule has 0 radical (unpaired) electrons. The van der Waals surface area contributed by atoms with Crippen molar-refractivity contribution in [3.8, 4) is 17.1 Å². The van der Waals surface area contributed by atoms with Gasteiger partial charge in [0.25, 0.3) is 6.01 Å². The number of nitrogens with one attached hydrogen (secondary N) is 1. The molecule has 0 fully saturated rings. The fourth-order valence-corrected chi connectivity index (χ4v) is 2.08. The van der Waals surface area contributed by atoms with Crippen LogP contribution in [0.5, 0.6) is 5.88 Å². The molecule has 1 N–H and O–H groups in total. The van der Waals surface area contributed by atoms with Gasteiger partial charge in [0.15, 0.2) is 5.58 Å². The lowest BCUT2D eigenvalue weighted by Crippen LogP contribution is -2.03. The quantitative estimate of drug-likeness (QED) is 0.790. The van der Waals surface area contributed by atoms with Crippen molar-refractivity contribution in [2.75, 3.05) is 12.4 Å². The molecule has 0 saturated heterocycles. The summed E-state index contributed by atoms with van der Waals surface area (Å²) in [5.74, 6) is -0.266. The minimum atomic E-state index is -2.95. The first-order chi connectivity index (χ1) is 10.6. The van der Waals surface area contributed by atoms with Crippen molar-refractivity contribution in [2.24, 2.45) is 0 Å². The third-order valence-electron chi connectivity index (χ3n) is 2.82. The molecule has 22 heavy (non-hydrogen) atoms. The van der Waals surface area contributed by atoms with Gasteiger partial charge in [0.1, 0.15) is 5.52 Å². The fraction of sp³-hybridized carbons (Fsp3) is 0.154. The van der Waals surface area contributed by atoms with Gasteiger partial charge in [-0.3, -0.25) is 0 Å². The van der Waals surface area contributed by atoms with Crippen LogP contribution in [0, 0.1) is 0 Å². The van der Waals surface area contributed by atoms with Gasteiger partial charge in [-0.15, -0.1) is 0 Å². The lowest BCUT2D eigenvalue weighted by atomic mass is 10.1. The number of alkyl halides is 2. The summed E-state index contributed by atoms with van der Waals surface area (Å²) in [6.07, 6.45) is 2.42. The highest BCUT2D eigenvalue weighted by molar-refractivity contribution is 6.35. The number of aromatic nitrogens is 3. The molecule has 3 rings (SSSR count). The largest absolute Gasteiger partial charge is 0.423 e. The Hall–Kier alpha value is -2.48. The molecule has 0 amide bonds. The standard InChI is InChI=1S/C13H9ClF2N4O2/c1-17-13-20-10-7(14)3-2-6(11(10)22-13)8-4-19-9(5-18-8)21-12(15)16/h2-5,12H,1H3,(H,17,20). The Labute approximate surface area is 128 Å². The van der Waals surface area contributed by atoms with Crippen LogP contribution < -0.4 is 10.1 Å². The molecule has 9 heteroatoms. The summed E-state index contributed by atoms with van der Waals surface area (Å²) in [6, 6.07) is 3.63. The number of rotatable bonds is 4. The van der Waals surface area contributed by atoms with E-state index in [0.717, 1.165) is 6.20 Å². The molecule has 0 bridgehead atoms. The van der Waals surface area contributed by atoms with Crippen LogP contribution in [0.2, 0.25) is 5.02 Å². The second kappa shape index (κ2) is 5.72. The summed E-state index contributed by atoms with van der Waals surface area (Å²) >= 11 is 6.08. The van der Waals surface area contributed by atoms with Crippen LogP contribution >= 0.6 is 11.6 Å². The average molecular weight is 327 g/mol. The number of nitrogens with zero attached hydrogens (tertiary/aromatic N) is 3. The van der Waals surface area contributed by atoms with Gasteiger partial charge in [0.05, 0.1) is 23.1 Å². The molecule has 2 aromatic heterocycles. The van der Waals surface area contributed by atoms with Gasteiger partial charge in [0, 0.05) is 12.6 Å². The highest BCUT2D eigenvalue weighted by Gasteiger charge is 2.15. The van der Waals surface area contributed by atoms with Crippen molar-refractivity contribution >= 4 is 28.7 Å². The number of halogens is 3. The first-order valence-corrected chi connectivity index (χ1v) is 6.50. The van der Waals surface area contributed by atoms with E-state index in [-0.39, 0.29) is 5.88 Å². The summed E-state index contributed by atoms with van der Waals surface area (Å²) in [5, 5.41) is 3.20. The first-order valence-electron chi connectivity index (χ1n) is 6.12. The zero-order chi connectivity index (χ0) is 15.7. The maximum atomic E-state index is 12.1. The zero-order valence-corrected chi connectivity index (χ0v) is 11.9. The minimum absolute atomic E-state index is 0.266. The van der Waals surface area contributed by atoms with Gasteiger partial charge in [-0.25, -0.2) is 9.97 Å². The maximum Gasteiger partial charge on any atom is 0.388 e. The number of oxazole rings is 1. The minimum Gasteiger partial charge on any atom is -0.423 e. The molecule has 0 aliphatic rings. The van der Waals surface area contributed by atoms with Gasteiger partial charge in [0.2, 0.25) is 5.88 Å². The van der Waals surface area contributed by atoms with Crippen LogP contribution in [0.15, 0.2) is 28.9 Å². The molecule has 2 heterocycles. The highest BCUT2D eigenvalue weighted by Crippen LogP contribution is 2.33. The maximum absolute atomic E-state index is 12.1. The van der Waals surface area contributed by atoms with Crippen LogP contribution in [0.25, 0.3) is 22.4 Å². The third kappa shape index (κ3) is 2.64. The number of ether oxygens (including phenoxy) is 1. The average Bonchev–Trinajstić information content (AvgIpc) is 2.93. The first kappa shape index (κ1) is 14.5. The van der Waals surface area contributed by atoms with Crippen molar-refractivity contribution in [1.82, 2.24) is 15.0 Å². The molecule has 1 aromatic carbocycles. The van der Waals surface area contributed by atoms with E-state index in [1.807, 2.05) is 0 Å². The zero-order valence-electron chi connectivity index (χ0n) is 11.2. The number of benzene rings is 1. The molecule has 6 nitrogen and oxygen atoms in total. The Balaban J connectivity index is 2.06. The van der Waals surface area contributed by atoms with E-state index < -0.39 is 6.61 Å². The second-order valence-electron chi connectivity index (χ2n) is 4.16. The van der Waals surface area contributed by atoms with Crippen LogP contribution in [0.4, 0.5) is 14.8 Å². The normalized spacial score (nSPS) is 11.1. The van der Waals surface area contributed by atoms with Gasteiger partial charge in [-0.05, 0) is 12.1 Å². The number of anilines is 1. The van der Waals surface area contributed by atoms with E-state index in [9.17, 15) is 8.78 Å². The van der Waals surface area contributed by atoms with Gasteiger partial charge in [-0.2, -0.15) is 13.8 Å². The van der Waals surface area contributed by atoms with Crippen LogP contribution in [0.3, 0.4) is 0 Å². The van der Waals surface area contributed by atoms with E-state index in [4.69, 9.17) is 16.0 Å². The van der Waals surface area contributed by atoms with Crippen molar-refractivity contribution in [2.45, 2.75) is 6.61 Å². The van der Waals surface area contributed by atoms with Crippen LogP contribution in [-0.2, 0) is 0 Å². The topological polar surface area (TPSA) is 73.1 Å². The summed E-state index contributed by atoms with van der Waals surface area (Å²) in [7, 11) is 1.66. The monoisotopic (exact) mass is 326 g/mol. The number of hydrogen-bond donors (Lipinski definition) is 1. The molecule has 0 atom stereocenters. The summed E-state index contributed by atoms with van der Waals surface area (Å²) in [5.41, 5.74) is 1.90. The van der Waals surface area contributed by atoms with Gasteiger partial charge in [-0.1, -0.05) is 11.6 Å². The number of fused-ring (bicyclic) bond motifs is 1. The second-order valence-corrected chi connectivity index (χ2v) is 4.57. The predicted molar refractivity (Wildman–Crippen MR) is 76.2 cm³/mol.